The molecule has 0 aromatic carbocycles. The van der Waals surface area contributed by atoms with Crippen molar-refractivity contribution in [3.8, 4) is 0 Å². The molecular formula is C13H13N3OS. The van der Waals surface area contributed by atoms with Gasteiger partial charge in [0, 0.05) is 28.3 Å². The molecule has 0 aliphatic carbocycles. The van der Waals surface area contributed by atoms with Crippen molar-refractivity contribution >= 4 is 35.3 Å². The summed E-state index contributed by atoms with van der Waals surface area (Å²) in [6, 6.07) is 3.89. The van der Waals surface area contributed by atoms with Gasteiger partial charge in [-0.1, -0.05) is 6.07 Å². The Hall–Kier alpha value is -1.62. The molecule has 1 amide bonds. The number of carbonyl (C=O) groups is 1. The fraction of sp³-hybridized carbons (Fsp3) is 0.308. The summed E-state index contributed by atoms with van der Waals surface area (Å²) >= 11 is 4.64. The topological polar surface area (TPSA) is 54.9 Å². The van der Waals surface area contributed by atoms with Crippen molar-refractivity contribution in [1.29, 1.82) is 0 Å². The van der Waals surface area contributed by atoms with Crippen molar-refractivity contribution in [2.75, 3.05) is 5.32 Å². The number of rotatable bonds is 0. The molecule has 2 aromatic heterocycles. The van der Waals surface area contributed by atoms with Gasteiger partial charge in [-0.2, -0.15) is 12.6 Å². The van der Waals surface area contributed by atoms with E-state index >= 15 is 0 Å². The van der Waals surface area contributed by atoms with Gasteiger partial charge < -0.3 is 5.32 Å². The Morgan fingerprint density at radius 1 is 1.50 bits per heavy atom. The van der Waals surface area contributed by atoms with Crippen molar-refractivity contribution in [3.05, 3.63) is 29.6 Å². The van der Waals surface area contributed by atoms with Crippen molar-refractivity contribution in [3.63, 3.8) is 0 Å². The second-order valence-electron chi connectivity index (χ2n) is 4.82. The van der Waals surface area contributed by atoms with Gasteiger partial charge in [0.25, 0.3) is 0 Å². The van der Waals surface area contributed by atoms with Crippen LogP contribution in [-0.2, 0) is 9.54 Å². The maximum atomic E-state index is 11.7. The monoisotopic (exact) mass is 259 g/mol. The second-order valence-corrected chi connectivity index (χ2v) is 5.81. The number of carbonyl (C=O) groups excluding carboxylic acids is 1. The summed E-state index contributed by atoms with van der Waals surface area (Å²) < 4.78 is -0.514. The average Bonchev–Trinajstić information content (AvgIpc) is 2.26. The van der Waals surface area contributed by atoms with E-state index in [0.29, 0.717) is 12.2 Å². The van der Waals surface area contributed by atoms with Crippen LogP contribution in [-0.4, -0.2) is 15.9 Å². The lowest BCUT2D eigenvalue weighted by Gasteiger charge is -2.31. The molecule has 0 radical (unpaired) electrons. The van der Waals surface area contributed by atoms with Gasteiger partial charge in [0.15, 0.2) is 0 Å². The minimum absolute atomic E-state index is 0.0462. The van der Waals surface area contributed by atoms with E-state index < -0.39 is 4.75 Å². The summed E-state index contributed by atoms with van der Waals surface area (Å²) in [7, 11) is 0. The lowest BCUT2D eigenvalue weighted by Crippen LogP contribution is -2.32. The molecule has 0 saturated carbocycles. The van der Waals surface area contributed by atoms with Crippen LogP contribution in [0.15, 0.2) is 18.3 Å². The van der Waals surface area contributed by atoms with E-state index in [4.69, 9.17) is 0 Å². The van der Waals surface area contributed by atoms with Crippen LogP contribution in [0.5, 0.6) is 0 Å². The molecule has 1 aliphatic heterocycles. The number of aromatic nitrogens is 2. The first-order chi connectivity index (χ1) is 8.49. The minimum Gasteiger partial charge on any atom is -0.310 e. The van der Waals surface area contributed by atoms with Gasteiger partial charge in [-0.15, -0.1) is 0 Å². The highest BCUT2D eigenvalue weighted by molar-refractivity contribution is 7.81. The lowest BCUT2D eigenvalue weighted by atomic mass is 9.90. The molecule has 5 heteroatoms. The maximum Gasteiger partial charge on any atom is 0.227 e. The van der Waals surface area contributed by atoms with Crippen LogP contribution in [0.25, 0.3) is 10.9 Å². The Kier molecular flexibility index (Phi) is 2.35. The smallest absolute Gasteiger partial charge is 0.227 e. The third-order valence-electron chi connectivity index (χ3n) is 3.24. The molecule has 3 heterocycles. The molecule has 1 atom stereocenters. The van der Waals surface area contributed by atoms with E-state index in [-0.39, 0.29) is 5.91 Å². The number of nitrogens with one attached hydrogen (secondary N) is 1. The molecule has 0 bridgehead atoms. The average molecular weight is 259 g/mol. The van der Waals surface area contributed by atoms with Crippen LogP contribution in [0.4, 0.5) is 5.82 Å². The van der Waals surface area contributed by atoms with E-state index in [1.165, 1.54) is 0 Å². The zero-order valence-electron chi connectivity index (χ0n) is 10.2. The number of aryl methyl sites for hydroxylation is 1. The third-order valence-corrected chi connectivity index (χ3v) is 3.62. The first kappa shape index (κ1) is 11.5. The normalized spacial score (nSPS) is 22.7. The van der Waals surface area contributed by atoms with Crippen LogP contribution in [0.3, 0.4) is 0 Å². The number of thiol groups is 1. The molecule has 1 unspecified atom stereocenters. The van der Waals surface area contributed by atoms with E-state index in [1.807, 2.05) is 26.0 Å². The fourth-order valence-electron chi connectivity index (χ4n) is 2.51. The highest BCUT2D eigenvalue weighted by Gasteiger charge is 2.36. The highest BCUT2D eigenvalue weighted by atomic mass is 32.1. The van der Waals surface area contributed by atoms with Gasteiger partial charge in [0.2, 0.25) is 5.91 Å². The number of nitrogens with zero attached hydrogens (tertiary/aromatic N) is 2. The Morgan fingerprint density at radius 3 is 3.06 bits per heavy atom. The zero-order chi connectivity index (χ0) is 12.9. The number of anilines is 1. The molecule has 1 aliphatic rings. The lowest BCUT2D eigenvalue weighted by molar-refractivity contribution is -0.117. The molecule has 0 spiro atoms. The first-order valence-corrected chi connectivity index (χ1v) is 6.22. The summed E-state index contributed by atoms with van der Waals surface area (Å²) in [4.78, 5) is 20.5. The summed E-state index contributed by atoms with van der Waals surface area (Å²) in [5, 5.41) is 3.83. The molecule has 2 aromatic rings. The summed E-state index contributed by atoms with van der Waals surface area (Å²) in [5.74, 6) is 0.567. The molecule has 1 N–H and O–H groups in total. The molecule has 3 rings (SSSR count). The van der Waals surface area contributed by atoms with Crippen molar-refractivity contribution < 1.29 is 4.79 Å². The van der Waals surface area contributed by atoms with E-state index in [9.17, 15) is 4.79 Å². The molecular weight excluding hydrogens is 246 g/mol. The largest absolute Gasteiger partial charge is 0.310 e. The Labute approximate surface area is 110 Å². The molecule has 92 valence electrons. The molecule has 18 heavy (non-hydrogen) atoms. The van der Waals surface area contributed by atoms with Crippen LogP contribution in [0, 0.1) is 6.92 Å². The van der Waals surface area contributed by atoms with Crippen molar-refractivity contribution in [2.45, 2.75) is 25.0 Å². The minimum atomic E-state index is -0.514. The number of pyridine rings is 2. The summed E-state index contributed by atoms with van der Waals surface area (Å²) in [6.45, 7) is 3.84. The SMILES string of the molecule is Cc1nc2c(c3cccnc13)C(C)(S)CC(=O)N2. The predicted molar refractivity (Wildman–Crippen MR) is 73.9 cm³/mol. The van der Waals surface area contributed by atoms with Crippen LogP contribution in [0.1, 0.15) is 24.6 Å². The van der Waals surface area contributed by atoms with Crippen molar-refractivity contribution in [1.82, 2.24) is 9.97 Å². The third kappa shape index (κ3) is 1.58. The number of hydrogen-bond acceptors (Lipinski definition) is 4. The first-order valence-electron chi connectivity index (χ1n) is 5.77. The quantitative estimate of drug-likeness (QED) is 0.714. The molecule has 0 saturated heterocycles. The number of amides is 1. The summed E-state index contributed by atoms with van der Waals surface area (Å²) in [6.07, 6.45) is 2.10. The van der Waals surface area contributed by atoms with Gasteiger partial charge in [-0.3, -0.25) is 9.78 Å². The fourth-order valence-corrected chi connectivity index (χ4v) is 2.88. The second kappa shape index (κ2) is 3.68. The maximum absolute atomic E-state index is 11.7. The Bertz CT molecular complexity index is 667. The van der Waals surface area contributed by atoms with E-state index in [0.717, 1.165) is 22.2 Å². The van der Waals surface area contributed by atoms with Crippen LogP contribution >= 0.6 is 12.6 Å². The molecule has 0 fully saturated rings. The highest BCUT2D eigenvalue weighted by Crippen LogP contribution is 2.43. The van der Waals surface area contributed by atoms with E-state index in [2.05, 4.69) is 27.9 Å². The van der Waals surface area contributed by atoms with E-state index in [1.54, 1.807) is 6.20 Å². The number of hydrogen-bond donors (Lipinski definition) is 2. The number of fused-ring (bicyclic) bond motifs is 3. The standard InChI is InChI=1S/C13H13N3OS/c1-7-11-8(4-3-5-14-11)10-12(15-7)16-9(17)6-13(10,2)18/h3-5,18H,6H2,1-2H3,(H,15,16,17). The van der Waals surface area contributed by atoms with Crippen molar-refractivity contribution in [2.24, 2.45) is 0 Å². The zero-order valence-corrected chi connectivity index (χ0v) is 11.1. The van der Waals surface area contributed by atoms with Gasteiger partial charge >= 0.3 is 0 Å². The van der Waals surface area contributed by atoms with Crippen LogP contribution in [0.2, 0.25) is 0 Å². The Morgan fingerprint density at radius 2 is 2.28 bits per heavy atom. The van der Waals surface area contributed by atoms with Gasteiger partial charge in [0.1, 0.15) is 5.82 Å². The van der Waals surface area contributed by atoms with Gasteiger partial charge in [0.05, 0.1) is 11.2 Å². The summed E-state index contributed by atoms with van der Waals surface area (Å²) in [5.41, 5.74) is 2.64. The van der Waals surface area contributed by atoms with Crippen LogP contribution < -0.4 is 5.32 Å². The predicted octanol–water partition coefficient (Wildman–Crippen LogP) is 2.43. The Balaban J connectivity index is 2.43. The molecule has 4 nitrogen and oxygen atoms in total. The van der Waals surface area contributed by atoms with Gasteiger partial charge in [-0.05, 0) is 19.9 Å². The van der Waals surface area contributed by atoms with Gasteiger partial charge in [-0.25, -0.2) is 4.98 Å².